The topological polar surface area (TPSA) is 55.1 Å². The van der Waals surface area contributed by atoms with Gasteiger partial charge in [-0.05, 0) is 24.6 Å². The first-order valence-corrected chi connectivity index (χ1v) is 5.61. The first-order valence-electron chi connectivity index (χ1n) is 5.23. The SMILES string of the molecule is CCC(C)(C)C(=O)Nc1ccc(N)c(Cl)c1. The predicted octanol–water partition coefficient (Wildman–Crippen LogP) is 3.30. The molecule has 0 unspecified atom stereocenters. The summed E-state index contributed by atoms with van der Waals surface area (Å²) in [6, 6.07) is 5.07. The Kier molecular flexibility index (Phi) is 3.81. The van der Waals surface area contributed by atoms with Crippen LogP contribution < -0.4 is 11.1 Å². The zero-order valence-corrected chi connectivity index (χ0v) is 10.6. The zero-order valence-electron chi connectivity index (χ0n) is 9.80. The fourth-order valence-electron chi connectivity index (χ4n) is 1.07. The number of nitrogens with one attached hydrogen (secondary N) is 1. The van der Waals surface area contributed by atoms with Crippen LogP contribution in [0.25, 0.3) is 0 Å². The highest BCUT2D eigenvalue weighted by molar-refractivity contribution is 6.33. The molecule has 1 rings (SSSR count). The van der Waals surface area contributed by atoms with Gasteiger partial charge in [0, 0.05) is 11.1 Å². The Labute approximate surface area is 101 Å². The number of nitrogens with two attached hydrogens (primary N) is 1. The molecule has 0 atom stereocenters. The van der Waals surface area contributed by atoms with Gasteiger partial charge in [0.05, 0.1) is 10.7 Å². The molecule has 0 aliphatic heterocycles. The highest BCUT2D eigenvalue weighted by Gasteiger charge is 2.25. The normalized spacial score (nSPS) is 11.2. The molecule has 0 aromatic heterocycles. The van der Waals surface area contributed by atoms with Crippen molar-refractivity contribution in [3.63, 3.8) is 0 Å². The fraction of sp³-hybridized carbons (Fsp3) is 0.417. The van der Waals surface area contributed by atoms with Gasteiger partial charge < -0.3 is 11.1 Å². The second kappa shape index (κ2) is 4.74. The number of hydrogen-bond donors (Lipinski definition) is 2. The Hall–Kier alpha value is -1.22. The van der Waals surface area contributed by atoms with E-state index in [1.165, 1.54) is 0 Å². The molecule has 0 fully saturated rings. The minimum Gasteiger partial charge on any atom is -0.398 e. The number of halogens is 1. The number of benzene rings is 1. The maximum absolute atomic E-state index is 11.9. The van der Waals surface area contributed by atoms with E-state index >= 15 is 0 Å². The molecule has 0 heterocycles. The van der Waals surface area contributed by atoms with Crippen LogP contribution in [0.15, 0.2) is 18.2 Å². The average Bonchev–Trinajstić information content (AvgIpc) is 2.23. The molecule has 0 aliphatic rings. The summed E-state index contributed by atoms with van der Waals surface area (Å²) in [6.45, 7) is 5.79. The molecule has 0 bridgehead atoms. The second-order valence-electron chi connectivity index (χ2n) is 4.43. The van der Waals surface area contributed by atoms with E-state index < -0.39 is 0 Å². The number of nitrogen functional groups attached to an aromatic ring is 1. The third-order valence-corrected chi connectivity index (χ3v) is 3.08. The van der Waals surface area contributed by atoms with Crippen molar-refractivity contribution in [1.82, 2.24) is 0 Å². The molecule has 0 saturated heterocycles. The fourth-order valence-corrected chi connectivity index (χ4v) is 1.25. The van der Waals surface area contributed by atoms with Crippen molar-refractivity contribution in [3.05, 3.63) is 23.2 Å². The van der Waals surface area contributed by atoms with Crippen LogP contribution in [0, 0.1) is 5.41 Å². The van der Waals surface area contributed by atoms with Gasteiger partial charge in [0.2, 0.25) is 5.91 Å². The summed E-state index contributed by atoms with van der Waals surface area (Å²) in [6.07, 6.45) is 0.779. The van der Waals surface area contributed by atoms with Gasteiger partial charge in [0.1, 0.15) is 0 Å². The number of amides is 1. The molecule has 88 valence electrons. The van der Waals surface area contributed by atoms with E-state index in [2.05, 4.69) is 5.32 Å². The van der Waals surface area contributed by atoms with Gasteiger partial charge >= 0.3 is 0 Å². The molecule has 1 aromatic rings. The van der Waals surface area contributed by atoms with Gasteiger partial charge in [-0.2, -0.15) is 0 Å². The summed E-state index contributed by atoms with van der Waals surface area (Å²) in [5.74, 6) is -0.0177. The van der Waals surface area contributed by atoms with E-state index in [1.807, 2.05) is 20.8 Å². The van der Waals surface area contributed by atoms with Crippen molar-refractivity contribution in [3.8, 4) is 0 Å². The summed E-state index contributed by atoms with van der Waals surface area (Å²) in [7, 11) is 0. The van der Waals surface area contributed by atoms with Gasteiger partial charge in [-0.15, -0.1) is 0 Å². The molecule has 4 heteroatoms. The molecule has 0 saturated carbocycles. The van der Waals surface area contributed by atoms with Crippen molar-refractivity contribution < 1.29 is 4.79 Å². The number of anilines is 2. The molecule has 3 nitrogen and oxygen atoms in total. The minimum atomic E-state index is -0.381. The Morgan fingerprint density at radius 2 is 2.12 bits per heavy atom. The van der Waals surface area contributed by atoms with Crippen LogP contribution in [-0.2, 0) is 4.79 Å². The van der Waals surface area contributed by atoms with Crippen LogP contribution >= 0.6 is 11.6 Å². The summed E-state index contributed by atoms with van der Waals surface area (Å²) in [5, 5.41) is 3.27. The molecule has 16 heavy (non-hydrogen) atoms. The summed E-state index contributed by atoms with van der Waals surface area (Å²) in [5.41, 5.74) is 6.39. The van der Waals surface area contributed by atoms with Crippen LogP contribution in [0.1, 0.15) is 27.2 Å². The van der Waals surface area contributed by atoms with Crippen LogP contribution in [0.2, 0.25) is 5.02 Å². The number of carbonyl (C=O) groups is 1. The number of hydrogen-bond acceptors (Lipinski definition) is 2. The maximum Gasteiger partial charge on any atom is 0.230 e. The van der Waals surface area contributed by atoms with Gasteiger partial charge in [0.15, 0.2) is 0 Å². The van der Waals surface area contributed by atoms with E-state index in [4.69, 9.17) is 17.3 Å². The van der Waals surface area contributed by atoms with E-state index in [0.717, 1.165) is 6.42 Å². The third-order valence-electron chi connectivity index (χ3n) is 2.76. The molecule has 0 radical (unpaired) electrons. The van der Waals surface area contributed by atoms with Gasteiger partial charge in [-0.3, -0.25) is 4.79 Å². The van der Waals surface area contributed by atoms with Crippen molar-refractivity contribution in [2.75, 3.05) is 11.1 Å². The number of carbonyl (C=O) groups excluding carboxylic acids is 1. The lowest BCUT2D eigenvalue weighted by Crippen LogP contribution is -2.29. The van der Waals surface area contributed by atoms with Gasteiger partial charge in [-0.25, -0.2) is 0 Å². The van der Waals surface area contributed by atoms with Gasteiger partial charge in [-0.1, -0.05) is 32.4 Å². The minimum absolute atomic E-state index is 0.0177. The lowest BCUT2D eigenvalue weighted by Gasteiger charge is -2.21. The second-order valence-corrected chi connectivity index (χ2v) is 4.84. The lowest BCUT2D eigenvalue weighted by atomic mass is 9.89. The Morgan fingerprint density at radius 1 is 1.50 bits per heavy atom. The lowest BCUT2D eigenvalue weighted by molar-refractivity contribution is -0.124. The third kappa shape index (κ3) is 2.89. The van der Waals surface area contributed by atoms with Crippen molar-refractivity contribution >= 4 is 28.9 Å². The predicted molar refractivity (Wildman–Crippen MR) is 68.6 cm³/mol. The standard InChI is InChI=1S/C12H17ClN2O/c1-4-12(2,3)11(16)15-8-5-6-10(14)9(13)7-8/h5-7H,4,14H2,1-3H3,(H,15,16). The van der Waals surface area contributed by atoms with E-state index in [9.17, 15) is 4.79 Å². The molecule has 1 aromatic carbocycles. The number of rotatable bonds is 3. The zero-order chi connectivity index (χ0) is 12.3. The van der Waals surface area contributed by atoms with E-state index in [-0.39, 0.29) is 11.3 Å². The summed E-state index contributed by atoms with van der Waals surface area (Å²) in [4.78, 5) is 11.9. The first kappa shape index (κ1) is 12.8. The Morgan fingerprint density at radius 3 is 2.62 bits per heavy atom. The smallest absolute Gasteiger partial charge is 0.230 e. The quantitative estimate of drug-likeness (QED) is 0.797. The van der Waals surface area contributed by atoms with Crippen molar-refractivity contribution in [2.45, 2.75) is 27.2 Å². The van der Waals surface area contributed by atoms with Crippen LogP contribution in [0.5, 0.6) is 0 Å². The molecule has 0 spiro atoms. The first-order chi connectivity index (χ1) is 7.36. The van der Waals surface area contributed by atoms with Crippen LogP contribution in [0.4, 0.5) is 11.4 Å². The van der Waals surface area contributed by atoms with Crippen LogP contribution in [0.3, 0.4) is 0 Å². The average molecular weight is 241 g/mol. The molecule has 1 amide bonds. The molecular weight excluding hydrogens is 224 g/mol. The van der Waals surface area contributed by atoms with Gasteiger partial charge in [0.25, 0.3) is 0 Å². The molecular formula is C12H17ClN2O. The Balaban J connectivity index is 2.82. The van der Waals surface area contributed by atoms with Crippen molar-refractivity contribution in [1.29, 1.82) is 0 Å². The van der Waals surface area contributed by atoms with Crippen LogP contribution in [-0.4, -0.2) is 5.91 Å². The maximum atomic E-state index is 11.9. The summed E-state index contributed by atoms with van der Waals surface area (Å²) >= 11 is 5.87. The highest BCUT2D eigenvalue weighted by atomic mass is 35.5. The van der Waals surface area contributed by atoms with E-state index in [0.29, 0.717) is 16.4 Å². The molecule has 0 aliphatic carbocycles. The molecule has 3 N–H and O–H groups in total. The largest absolute Gasteiger partial charge is 0.398 e. The van der Waals surface area contributed by atoms with Crippen molar-refractivity contribution in [2.24, 2.45) is 5.41 Å². The summed E-state index contributed by atoms with van der Waals surface area (Å²) < 4.78 is 0. The van der Waals surface area contributed by atoms with E-state index in [1.54, 1.807) is 18.2 Å². The Bertz CT molecular complexity index is 402. The highest BCUT2D eigenvalue weighted by Crippen LogP contribution is 2.26. The monoisotopic (exact) mass is 240 g/mol.